The van der Waals surface area contributed by atoms with E-state index in [4.69, 9.17) is 6.57 Å². The lowest BCUT2D eigenvalue weighted by molar-refractivity contribution is -0.0919. The van der Waals surface area contributed by atoms with Gasteiger partial charge in [-0.2, -0.15) is 0 Å². The number of hydrogen-bond acceptors (Lipinski definition) is 0. The molecule has 2 unspecified atom stereocenters. The van der Waals surface area contributed by atoms with E-state index >= 15 is 0 Å². The van der Waals surface area contributed by atoms with Gasteiger partial charge in [0.15, 0.2) is 0 Å². The predicted molar refractivity (Wildman–Crippen MR) is 56.7 cm³/mol. The van der Waals surface area contributed by atoms with Crippen molar-refractivity contribution in [1.29, 1.82) is 0 Å². The van der Waals surface area contributed by atoms with Crippen LogP contribution in [0.4, 0.5) is 0 Å². The summed E-state index contributed by atoms with van der Waals surface area (Å²) in [7, 11) is 0. The zero-order chi connectivity index (χ0) is 10.0. The highest BCUT2D eigenvalue weighted by Crippen LogP contribution is 2.67. The maximum atomic E-state index is 7.48. The molecule has 76 valence electrons. The molecule has 4 saturated carbocycles. The molecule has 0 spiro atoms. The van der Waals surface area contributed by atoms with Crippen LogP contribution in [-0.2, 0) is 0 Å². The topological polar surface area (TPSA) is 4.36 Å². The van der Waals surface area contributed by atoms with Crippen LogP contribution in [0.15, 0.2) is 0 Å². The lowest BCUT2D eigenvalue weighted by Crippen LogP contribution is -2.57. The molecular formula is C13H19N. The molecule has 14 heavy (non-hydrogen) atoms. The SMILES string of the molecule is [C-]#[N+]C12CC3CC(C)(CC(C)(C3)C1)C2. The summed E-state index contributed by atoms with van der Waals surface area (Å²) in [4.78, 5) is 4.02. The highest BCUT2D eigenvalue weighted by molar-refractivity contribution is 5.18. The molecule has 0 saturated heterocycles. The van der Waals surface area contributed by atoms with Crippen LogP contribution in [0.5, 0.6) is 0 Å². The molecule has 4 aliphatic rings. The van der Waals surface area contributed by atoms with E-state index in [0.29, 0.717) is 10.8 Å². The van der Waals surface area contributed by atoms with Crippen molar-refractivity contribution in [2.45, 2.75) is 57.9 Å². The number of nitrogens with zero attached hydrogens (tertiary/aromatic N) is 1. The first-order valence-electron chi connectivity index (χ1n) is 5.85. The molecule has 0 heterocycles. The van der Waals surface area contributed by atoms with Crippen LogP contribution in [0.25, 0.3) is 4.85 Å². The van der Waals surface area contributed by atoms with Crippen LogP contribution in [0.1, 0.15) is 52.4 Å². The summed E-state index contributed by atoms with van der Waals surface area (Å²) < 4.78 is 0. The quantitative estimate of drug-likeness (QED) is 0.512. The van der Waals surface area contributed by atoms with Crippen LogP contribution >= 0.6 is 0 Å². The zero-order valence-corrected chi connectivity index (χ0v) is 9.27. The van der Waals surface area contributed by atoms with Gasteiger partial charge in [-0.25, -0.2) is 6.57 Å². The minimum Gasteiger partial charge on any atom is -0.310 e. The molecule has 1 nitrogen and oxygen atoms in total. The molecule has 0 aliphatic heterocycles. The van der Waals surface area contributed by atoms with E-state index in [9.17, 15) is 0 Å². The highest BCUT2D eigenvalue weighted by atomic mass is 14.9. The Balaban J connectivity index is 2.06. The van der Waals surface area contributed by atoms with Crippen LogP contribution in [0.3, 0.4) is 0 Å². The van der Waals surface area contributed by atoms with Crippen molar-refractivity contribution in [2.75, 3.05) is 0 Å². The molecule has 0 aromatic carbocycles. The van der Waals surface area contributed by atoms with Crippen molar-refractivity contribution < 1.29 is 0 Å². The highest BCUT2D eigenvalue weighted by Gasteiger charge is 2.63. The molecule has 0 N–H and O–H groups in total. The van der Waals surface area contributed by atoms with Crippen molar-refractivity contribution in [1.82, 2.24) is 0 Å². The molecule has 0 radical (unpaired) electrons. The van der Waals surface area contributed by atoms with Gasteiger partial charge in [-0.15, -0.1) is 0 Å². The lowest BCUT2D eigenvalue weighted by atomic mass is 9.43. The van der Waals surface area contributed by atoms with Crippen molar-refractivity contribution in [2.24, 2.45) is 16.7 Å². The lowest BCUT2D eigenvalue weighted by Gasteiger charge is -2.60. The van der Waals surface area contributed by atoms with E-state index in [1.807, 2.05) is 0 Å². The van der Waals surface area contributed by atoms with E-state index in [2.05, 4.69) is 18.7 Å². The summed E-state index contributed by atoms with van der Waals surface area (Å²) in [6.45, 7) is 12.3. The van der Waals surface area contributed by atoms with E-state index in [1.54, 1.807) is 0 Å². The van der Waals surface area contributed by atoms with Gasteiger partial charge in [-0.05, 0) is 36.0 Å². The molecule has 2 atom stereocenters. The van der Waals surface area contributed by atoms with E-state index in [-0.39, 0.29) is 5.54 Å². The van der Waals surface area contributed by atoms with Crippen molar-refractivity contribution >= 4 is 0 Å². The second kappa shape index (κ2) is 2.18. The van der Waals surface area contributed by atoms with Gasteiger partial charge in [0.1, 0.15) is 0 Å². The van der Waals surface area contributed by atoms with Crippen LogP contribution in [0.2, 0.25) is 0 Å². The first-order chi connectivity index (χ1) is 6.47. The Kier molecular flexibility index (Phi) is 1.37. The molecule has 4 rings (SSSR count). The fourth-order valence-corrected chi connectivity index (χ4v) is 5.51. The van der Waals surface area contributed by atoms with Gasteiger partial charge in [-0.3, -0.25) is 0 Å². The molecule has 4 aliphatic carbocycles. The van der Waals surface area contributed by atoms with Crippen molar-refractivity contribution in [3.05, 3.63) is 11.4 Å². The van der Waals surface area contributed by atoms with Gasteiger partial charge in [0, 0.05) is 19.3 Å². The first-order valence-corrected chi connectivity index (χ1v) is 5.85. The van der Waals surface area contributed by atoms with E-state index < -0.39 is 0 Å². The van der Waals surface area contributed by atoms with Gasteiger partial charge in [0.05, 0.1) is 0 Å². The second-order valence-electron chi connectivity index (χ2n) is 6.97. The average molecular weight is 189 g/mol. The Morgan fingerprint density at radius 1 is 1.00 bits per heavy atom. The minimum absolute atomic E-state index is 0.0584. The maximum Gasteiger partial charge on any atom is 0.234 e. The molecule has 4 fully saturated rings. The van der Waals surface area contributed by atoms with Crippen molar-refractivity contribution in [3.63, 3.8) is 0 Å². The predicted octanol–water partition coefficient (Wildman–Crippen LogP) is 3.65. The third-order valence-electron chi connectivity index (χ3n) is 4.83. The summed E-state index contributed by atoms with van der Waals surface area (Å²) in [6.07, 6.45) is 7.78. The van der Waals surface area contributed by atoms with Crippen molar-refractivity contribution in [3.8, 4) is 0 Å². The second-order valence-corrected chi connectivity index (χ2v) is 6.97. The van der Waals surface area contributed by atoms with Gasteiger partial charge in [0.2, 0.25) is 5.54 Å². The minimum atomic E-state index is 0.0584. The monoisotopic (exact) mass is 189 g/mol. The molecule has 1 heteroatoms. The summed E-state index contributed by atoms with van der Waals surface area (Å²) in [5.74, 6) is 0.871. The third-order valence-corrected chi connectivity index (χ3v) is 4.83. The molecule has 0 aromatic rings. The number of rotatable bonds is 0. The van der Waals surface area contributed by atoms with Gasteiger partial charge in [0.25, 0.3) is 0 Å². The van der Waals surface area contributed by atoms with E-state index in [0.717, 1.165) is 5.92 Å². The number of hydrogen-bond donors (Lipinski definition) is 0. The van der Waals surface area contributed by atoms with Crippen LogP contribution in [-0.4, -0.2) is 5.54 Å². The first kappa shape index (κ1) is 8.77. The Morgan fingerprint density at radius 2 is 1.57 bits per heavy atom. The molecular weight excluding hydrogens is 170 g/mol. The van der Waals surface area contributed by atoms with Crippen LogP contribution in [0, 0.1) is 23.3 Å². The summed E-state index contributed by atoms with van der Waals surface area (Å²) in [5, 5.41) is 0. The molecule has 0 amide bonds. The summed E-state index contributed by atoms with van der Waals surface area (Å²) in [5.41, 5.74) is 1.08. The Hall–Kier alpha value is -0.510. The largest absolute Gasteiger partial charge is 0.310 e. The third kappa shape index (κ3) is 1.00. The Bertz CT molecular complexity index is 307. The fraction of sp³-hybridized carbons (Fsp3) is 0.923. The molecule has 0 aromatic heterocycles. The maximum absolute atomic E-state index is 7.48. The average Bonchev–Trinajstić information content (AvgIpc) is 1.97. The fourth-order valence-electron chi connectivity index (χ4n) is 5.51. The Labute approximate surface area is 86.7 Å². The Morgan fingerprint density at radius 3 is 2.00 bits per heavy atom. The summed E-state index contributed by atoms with van der Waals surface area (Å²) in [6, 6.07) is 0. The standard InChI is InChI=1S/C13H19N/c1-11-4-10-5-12(2,7-11)9-13(6-10,8-11)14-3/h10H,4-9H2,1-2H3. The van der Waals surface area contributed by atoms with Gasteiger partial charge in [-0.1, -0.05) is 13.8 Å². The summed E-state index contributed by atoms with van der Waals surface area (Å²) >= 11 is 0. The zero-order valence-electron chi connectivity index (χ0n) is 9.27. The smallest absolute Gasteiger partial charge is 0.234 e. The molecule has 4 bridgehead atoms. The van der Waals surface area contributed by atoms with E-state index in [1.165, 1.54) is 38.5 Å². The van der Waals surface area contributed by atoms with Gasteiger partial charge < -0.3 is 4.85 Å². The normalized spacial score (nSPS) is 59.9. The van der Waals surface area contributed by atoms with Crippen LogP contribution < -0.4 is 0 Å². The van der Waals surface area contributed by atoms with Gasteiger partial charge >= 0.3 is 0 Å².